The molecule has 25 heavy (non-hydrogen) atoms. The summed E-state index contributed by atoms with van der Waals surface area (Å²) in [6.07, 6.45) is 4.76. The lowest BCUT2D eigenvalue weighted by Crippen LogP contribution is -2.26. The van der Waals surface area contributed by atoms with Crippen molar-refractivity contribution >= 4 is 29.0 Å². The number of hydrogen-bond donors (Lipinski definition) is 2. The number of nitrogens with zero attached hydrogens (tertiary/aromatic N) is 2. The maximum atomic E-state index is 12.5. The highest BCUT2D eigenvalue weighted by atomic mass is 32.1. The first kappa shape index (κ1) is 17.7. The number of carboxylic acid groups (broad SMARTS) is 1. The zero-order chi connectivity index (χ0) is 18.2. The average Bonchev–Trinajstić information content (AvgIpc) is 3.11. The maximum absolute atomic E-state index is 12.5. The molecule has 1 atom stereocenters. The molecule has 2 aromatic heterocycles. The summed E-state index contributed by atoms with van der Waals surface area (Å²) < 4.78 is 1.28. The molecule has 0 radical (unpaired) electrons. The van der Waals surface area contributed by atoms with Crippen LogP contribution in [0.3, 0.4) is 0 Å². The van der Waals surface area contributed by atoms with Crippen LogP contribution in [0.1, 0.15) is 47.3 Å². The zero-order valence-electron chi connectivity index (χ0n) is 14.7. The highest BCUT2D eigenvalue weighted by Crippen LogP contribution is 2.40. The minimum Gasteiger partial charge on any atom is -0.480 e. The SMILES string of the molecule is CC(C)(C)C1CCc2sc(C(=O)Nc3ccn(CC(=O)O)n3)cc2C1. The van der Waals surface area contributed by atoms with Gasteiger partial charge in [0.15, 0.2) is 5.82 Å². The molecule has 3 rings (SSSR count). The number of nitrogens with one attached hydrogen (secondary N) is 1. The van der Waals surface area contributed by atoms with Crippen LogP contribution in [0.4, 0.5) is 5.82 Å². The summed E-state index contributed by atoms with van der Waals surface area (Å²) in [5.74, 6) is -0.157. The molecule has 1 unspecified atom stereocenters. The Balaban J connectivity index is 1.69. The van der Waals surface area contributed by atoms with Crippen molar-refractivity contribution in [2.24, 2.45) is 11.3 Å². The first-order valence-electron chi connectivity index (χ1n) is 8.40. The second-order valence-corrected chi connectivity index (χ2v) is 8.75. The first-order chi connectivity index (χ1) is 11.7. The second-order valence-electron chi connectivity index (χ2n) is 7.61. The number of aryl methyl sites for hydroxylation is 1. The van der Waals surface area contributed by atoms with E-state index < -0.39 is 5.97 Å². The number of hydrogen-bond acceptors (Lipinski definition) is 4. The molecule has 0 saturated heterocycles. The smallest absolute Gasteiger partial charge is 0.325 e. The third-order valence-electron chi connectivity index (χ3n) is 4.71. The molecule has 0 aromatic carbocycles. The predicted octanol–water partition coefficient (Wildman–Crippen LogP) is 3.43. The van der Waals surface area contributed by atoms with E-state index in [-0.39, 0.29) is 17.9 Å². The number of aliphatic carboxylic acids is 1. The quantitative estimate of drug-likeness (QED) is 0.874. The number of aromatic nitrogens is 2. The van der Waals surface area contributed by atoms with Crippen LogP contribution >= 0.6 is 11.3 Å². The van der Waals surface area contributed by atoms with Gasteiger partial charge in [-0.2, -0.15) is 5.10 Å². The third kappa shape index (κ3) is 4.10. The minimum atomic E-state index is -0.972. The van der Waals surface area contributed by atoms with Gasteiger partial charge >= 0.3 is 5.97 Å². The lowest BCUT2D eigenvalue weighted by Gasteiger charge is -2.33. The van der Waals surface area contributed by atoms with Crippen LogP contribution in [-0.2, 0) is 24.2 Å². The fraction of sp³-hybridized carbons (Fsp3) is 0.500. The largest absolute Gasteiger partial charge is 0.480 e. The topological polar surface area (TPSA) is 84.2 Å². The van der Waals surface area contributed by atoms with Gasteiger partial charge in [-0.05, 0) is 42.2 Å². The molecule has 6 nitrogen and oxygen atoms in total. The van der Waals surface area contributed by atoms with Crippen molar-refractivity contribution < 1.29 is 14.7 Å². The summed E-state index contributed by atoms with van der Waals surface area (Å²) in [7, 11) is 0. The summed E-state index contributed by atoms with van der Waals surface area (Å²) in [6, 6.07) is 3.60. The molecule has 2 heterocycles. The van der Waals surface area contributed by atoms with E-state index >= 15 is 0 Å². The van der Waals surface area contributed by atoms with E-state index in [0.717, 1.165) is 19.3 Å². The molecule has 2 aromatic rings. The van der Waals surface area contributed by atoms with Gasteiger partial charge in [-0.25, -0.2) is 0 Å². The van der Waals surface area contributed by atoms with Crippen molar-refractivity contribution in [2.45, 2.75) is 46.6 Å². The van der Waals surface area contributed by atoms with Gasteiger partial charge in [0.1, 0.15) is 6.54 Å². The van der Waals surface area contributed by atoms with Gasteiger partial charge in [-0.1, -0.05) is 20.8 Å². The third-order valence-corrected chi connectivity index (χ3v) is 5.95. The molecule has 134 valence electrons. The van der Waals surface area contributed by atoms with Crippen molar-refractivity contribution in [1.29, 1.82) is 0 Å². The Kier molecular flexibility index (Phi) is 4.69. The van der Waals surface area contributed by atoms with Gasteiger partial charge in [0.25, 0.3) is 5.91 Å². The Labute approximate surface area is 150 Å². The molecule has 1 aliphatic rings. The van der Waals surface area contributed by atoms with Crippen molar-refractivity contribution in [1.82, 2.24) is 9.78 Å². The summed E-state index contributed by atoms with van der Waals surface area (Å²) in [6.45, 7) is 6.60. The Morgan fingerprint density at radius 3 is 2.88 bits per heavy atom. The number of fused-ring (bicyclic) bond motifs is 1. The van der Waals surface area contributed by atoms with Gasteiger partial charge in [0, 0.05) is 17.1 Å². The average molecular weight is 361 g/mol. The molecule has 0 saturated carbocycles. The minimum absolute atomic E-state index is 0.188. The van der Waals surface area contributed by atoms with E-state index in [0.29, 0.717) is 16.6 Å². The maximum Gasteiger partial charge on any atom is 0.325 e. The number of amides is 1. The van der Waals surface area contributed by atoms with E-state index in [1.807, 2.05) is 6.07 Å². The fourth-order valence-electron chi connectivity index (χ4n) is 3.21. The van der Waals surface area contributed by atoms with Crippen molar-refractivity contribution in [3.05, 3.63) is 33.6 Å². The van der Waals surface area contributed by atoms with Gasteiger partial charge in [0.05, 0.1) is 4.88 Å². The molecule has 2 N–H and O–H groups in total. The number of carboxylic acids is 1. The van der Waals surface area contributed by atoms with Gasteiger partial charge in [0.2, 0.25) is 0 Å². The second kappa shape index (κ2) is 6.63. The van der Waals surface area contributed by atoms with Gasteiger partial charge in [-0.3, -0.25) is 14.3 Å². The molecule has 7 heteroatoms. The van der Waals surface area contributed by atoms with E-state index in [9.17, 15) is 9.59 Å². The van der Waals surface area contributed by atoms with Crippen molar-refractivity contribution in [2.75, 3.05) is 5.32 Å². The Hall–Kier alpha value is -2.15. The van der Waals surface area contributed by atoms with E-state index in [4.69, 9.17) is 5.11 Å². The van der Waals surface area contributed by atoms with E-state index in [2.05, 4.69) is 31.2 Å². The van der Waals surface area contributed by atoms with Gasteiger partial charge in [-0.15, -0.1) is 11.3 Å². The molecule has 0 fully saturated rings. The van der Waals surface area contributed by atoms with E-state index in [1.54, 1.807) is 17.4 Å². The van der Waals surface area contributed by atoms with E-state index in [1.165, 1.54) is 21.3 Å². The lowest BCUT2D eigenvalue weighted by atomic mass is 9.72. The van der Waals surface area contributed by atoms with Crippen LogP contribution in [0, 0.1) is 11.3 Å². The first-order valence-corrected chi connectivity index (χ1v) is 9.22. The van der Waals surface area contributed by atoms with Gasteiger partial charge < -0.3 is 10.4 Å². The summed E-state index contributed by atoms with van der Waals surface area (Å²) in [4.78, 5) is 25.2. The Morgan fingerprint density at radius 1 is 1.44 bits per heavy atom. The number of thiophene rings is 1. The molecule has 0 bridgehead atoms. The van der Waals surface area contributed by atoms with Crippen LogP contribution in [0.2, 0.25) is 0 Å². The summed E-state index contributed by atoms with van der Waals surface area (Å²) >= 11 is 1.55. The molecule has 0 spiro atoms. The van der Waals surface area contributed by atoms with Crippen molar-refractivity contribution in [3.8, 4) is 0 Å². The van der Waals surface area contributed by atoms with Crippen LogP contribution in [0.5, 0.6) is 0 Å². The Bertz CT molecular complexity index is 801. The summed E-state index contributed by atoms with van der Waals surface area (Å²) in [5.41, 5.74) is 1.57. The highest BCUT2D eigenvalue weighted by Gasteiger charge is 2.30. The van der Waals surface area contributed by atoms with Crippen LogP contribution in [0.25, 0.3) is 0 Å². The number of rotatable bonds is 4. The summed E-state index contributed by atoms with van der Waals surface area (Å²) in [5, 5.41) is 15.6. The lowest BCUT2D eigenvalue weighted by molar-refractivity contribution is -0.137. The van der Waals surface area contributed by atoms with Crippen LogP contribution in [-0.4, -0.2) is 26.8 Å². The van der Waals surface area contributed by atoms with Crippen molar-refractivity contribution in [3.63, 3.8) is 0 Å². The highest BCUT2D eigenvalue weighted by molar-refractivity contribution is 7.14. The monoisotopic (exact) mass is 361 g/mol. The Morgan fingerprint density at radius 2 is 2.20 bits per heavy atom. The van der Waals surface area contributed by atoms with Crippen LogP contribution in [0.15, 0.2) is 18.3 Å². The molecule has 1 aliphatic carbocycles. The zero-order valence-corrected chi connectivity index (χ0v) is 15.5. The predicted molar refractivity (Wildman–Crippen MR) is 97.1 cm³/mol. The number of carbonyl (C=O) groups is 2. The van der Waals surface area contributed by atoms with Crippen LogP contribution < -0.4 is 5.32 Å². The molecule has 1 amide bonds. The number of carbonyl (C=O) groups excluding carboxylic acids is 1. The fourth-order valence-corrected chi connectivity index (χ4v) is 4.31. The normalized spacial score (nSPS) is 17.2. The molecular weight excluding hydrogens is 338 g/mol. The molecule has 0 aliphatic heterocycles. The number of anilines is 1. The molecular formula is C18H23N3O3S. The standard InChI is InChI=1S/C18H23N3O3S/c1-18(2,3)12-4-5-13-11(8-12)9-14(25-13)17(24)19-15-6-7-21(20-15)10-16(22)23/h6-7,9,12H,4-5,8,10H2,1-3H3,(H,22,23)(H,19,20,24).